The SMILES string of the molecule is CCc1nc(CCC(F)(F)F)ccc1CCNCCC1CCCCC1. The minimum atomic E-state index is -4.12. The van der Waals surface area contributed by atoms with Gasteiger partial charge in [0.15, 0.2) is 0 Å². The molecule has 1 N–H and O–H groups in total. The fourth-order valence-electron chi connectivity index (χ4n) is 3.65. The van der Waals surface area contributed by atoms with E-state index in [0.29, 0.717) is 5.69 Å². The summed E-state index contributed by atoms with van der Waals surface area (Å²) in [6, 6.07) is 3.71. The molecule has 1 fully saturated rings. The van der Waals surface area contributed by atoms with E-state index in [9.17, 15) is 13.2 Å². The van der Waals surface area contributed by atoms with Gasteiger partial charge in [0.2, 0.25) is 0 Å². The van der Waals surface area contributed by atoms with Crippen LogP contribution in [0.2, 0.25) is 0 Å². The zero-order chi connectivity index (χ0) is 18.1. The van der Waals surface area contributed by atoms with Gasteiger partial charge in [-0.1, -0.05) is 45.1 Å². The highest BCUT2D eigenvalue weighted by Gasteiger charge is 2.26. The van der Waals surface area contributed by atoms with Crippen molar-refractivity contribution in [1.82, 2.24) is 10.3 Å². The summed E-state index contributed by atoms with van der Waals surface area (Å²) in [5.41, 5.74) is 2.64. The zero-order valence-electron chi connectivity index (χ0n) is 15.3. The van der Waals surface area contributed by atoms with Crippen LogP contribution in [-0.2, 0) is 19.3 Å². The molecule has 5 heteroatoms. The summed E-state index contributed by atoms with van der Waals surface area (Å²) in [7, 11) is 0. The van der Waals surface area contributed by atoms with Crippen LogP contribution in [0, 0.1) is 5.92 Å². The largest absolute Gasteiger partial charge is 0.389 e. The van der Waals surface area contributed by atoms with Gasteiger partial charge >= 0.3 is 6.18 Å². The van der Waals surface area contributed by atoms with E-state index >= 15 is 0 Å². The molecule has 1 aromatic rings. The lowest BCUT2D eigenvalue weighted by Crippen LogP contribution is -2.22. The van der Waals surface area contributed by atoms with Gasteiger partial charge in [0.1, 0.15) is 0 Å². The third kappa shape index (κ3) is 7.76. The second-order valence-electron chi connectivity index (χ2n) is 7.17. The third-order valence-corrected chi connectivity index (χ3v) is 5.15. The van der Waals surface area contributed by atoms with Gasteiger partial charge in [0.05, 0.1) is 0 Å². The Hall–Kier alpha value is -1.10. The highest BCUT2D eigenvalue weighted by Crippen LogP contribution is 2.25. The van der Waals surface area contributed by atoms with Gasteiger partial charge in [-0.05, 0) is 56.3 Å². The number of hydrogen-bond donors (Lipinski definition) is 1. The maximum atomic E-state index is 12.3. The standard InChI is InChI=1S/C20H31F3N2/c1-2-19-17(8-9-18(25-19)10-13-20(21,22)23)12-15-24-14-11-16-6-4-3-5-7-16/h8-9,16,24H,2-7,10-15H2,1H3. The number of rotatable bonds is 9. The summed E-state index contributed by atoms with van der Waals surface area (Å²) >= 11 is 0. The van der Waals surface area contributed by atoms with Crippen LogP contribution >= 0.6 is 0 Å². The average molecular weight is 356 g/mol. The van der Waals surface area contributed by atoms with E-state index in [1.807, 2.05) is 13.0 Å². The Kier molecular flexibility index (Phi) is 8.20. The topological polar surface area (TPSA) is 24.9 Å². The summed E-state index contributed by atoms with van der Waals surface area (Å²) in [6.07, 6.45) is 4.89. The van der Waals surface area contributed by atoms with Gasteiger partial charge < -0.3 is 5.32 Å². The predicted octanol–water partition coefficient (Wildman–Crippen LogP) is 5.24. The molecule has 142 valence electrons. The summed E-state index contributed by atoms with van der Waals surface area (Å²) in [4.78, 5) is 4.44. The quantitative estimate of drug-likeness (QED) is 0.612. The highest BCUT2D eigenvalue weighted by molar-refractivity contribution is 5.24. The number of nitrogens with zero attached hydrogens (tertiary/aromatic N) is 1. The lowest BCUT2D eigenvalue weighted by molar-refractivity contribution is -0.134. The molecule has 2 rings (SSSR count). The molecule has 0 radical (unpaired) electrons. The van der Waals surface area contributed by atoms with E-state index in [1.54, 1.807) is 6.07 Å². The van der Waals surface area contributed by atoms with Crippen LogP contribution in [0.25, 0.3) is 0 Å². The molecule has 1 aromatic heterocycles. The summed E-state index contributed by atoms with van der Waals surface area (Å²) < 4.78 is 37.0. The average Bonchev–Trinajstić information content (AvgIpc) is 2.60. The van der Waals surface area contributed by atoms with Crippen molar-refractivity contribution in [3.8, 4) is 0 Å². The Morgan fingerprint density at radius 1 is 1.08 bits per heavy atom. The highest BCUT2D eigenvalue weighted by atomic mass is 19.4. The van der Waals surface area contributed by atoms with Crippen molar-refractivity contribution < 1.29 is 13.2 Å². The first-order chi connectivity index (χ1) is 12.0. The van der Waals surface area contributed by atoms with Crippen LogP contribution in [0.5, 0.6) is 0 Å². The lowest BCUT2D eigenvalue weighted by atomic mass is 9.87. The minimum Gasteiger partial charge on any atom is -0.316 e. The molecule has 0 aliphatic heterocycles. The molecule has 0 amide bonds. The maximum Gasteiger partial charge on any atom is 0.389 e. The van der Waals surface area contributed by atoms with E-state index in [0.717, 1.165) is 43.1 Å². The molecule has 25 heavy (non-hydrogen) atoms. The molecule has 0 unspecified atom stereocenters. The van der Waals surface area contributed by atoms with Crippen molar-refractivity contribution in [2.45, 2.75) is 77.3 Å². The number of hydrogen-bond acceptors (Lipinski definition) is 2. The van der Waals surface area contributed by atoms with Gasteiger partial charge in [-0.25, -0.2) is 0 Å². The van der Waals surface area contributed by atoms with Crippen molar-refractivity contribution in [2.75, 3.05) is 13.1 Å². The Bertz CT molecular complexity index is 508. The van der Waals surface area contributed by atoms with E-state index in [-0.39, 0.29) is 6.42 Å². The Morgan fingerprint density at radius 3 is 2.52 bits per heavy atom. The minimum absolute atomic E-state index is 0.0313. The Balaban J connectivity index is 1.73. The maximum absolute atomic E-state index is 12.3. The summed E-state index contributed by atoms with van der Waals surface area (Å²) in [5, 5.41) is 3.52. The van der Waals surface area contributed by atoms with Gasteiger partial charge in [0, 0.05) is 17.8 Å². The van der Waals surface area contributed by atoms with Crippen LogP contribution < -0.4 is 5.32 Å². The number of pyridine rings is 1. The van der Waals surface area contributed by atoms with Crippen LogP contribution in [-0.4, -0.2) is 24.2 Å². The number of alkyl halides is 3. The Labute approximate surface area is 149 Å². The van der Waals surface area contributed by atoms with Crippen molar-refractivity contribution in [3.05, 3.63) is 29.1 Å². The number of nitrogens with one attached hydrogen (secondary N) is 1. The fraction of sp³-hybridized carbons (Fsp3) is 0.750. The van der Waals surface area contributed by atoms with E-state index in [2.05, 4.69) is 10.3 Å². The van der Waals surface area contributed by atoms with Gasteiger partial charge in [-0.2, -0.15) is 13.2 Å². The van der Waals surface area contributed by atoms with E-state index in [1.165, 1.54) is 38.5 Å². The second-order valence-corrected chi connectivity index (χ2v) is 7.17. The van der Waals surface area contributed by atoms with Gasteiger partial charge in [-0.3, -0.25) is 4.98 Å². The van der Waals surface area contributed by atoms with Gasteiger partial charge in [0.25, 0.3) is 0 Å². The van der Waals surface area contributed by atoms with Crippen LogP contribution in [0.15, 0.2) is 12.1 Å². The predicted molar refractivity (Wildman–Crippen MR) is 95.8 cm³/mol. The van der Waals surface area contributed by atoms with E-state index < -0.39 is 12.6 Å². The van der Waals surface area contributed by atoms with E-state index in [4.69, 9.17) is 0 Å². The van der Waals surface area contributed by atoms with Crippen LogP contribution in [0.1, 0.15) is 68.8 Å². The molecular weight excluding hydrogens is 325 g/mol. The van der Waals surface area contributed by atoms with Crippen LogP contribution in [0.4, 0.5) is 13.2 Å². The van der Waals surface area contributed by atoms with Gasteiger partial charge in [-0.15, -0.1) is 0 Å². The number of aryl methyl sites for hydroxylation is 2. The first kappa shape index (κ1) is 20.2. The summed E-state index contributed by atoms with van der Waals surface area (Å²) in [5.74, 6) is 0.891. The molecule has 0 spiro atoms. The molecular formula is C20H31F3N2. The second kappa shape index (κ2) is 10.1. The molecule has 2 nitrogen and oxygen atoms in total. The first-order valence-electron chi connectivity index (χ1n) is 9.73. The number of aromatic nitrogens is 1. The molecule has 0 atom stereocenters. The molecule has 1 aliphatic carbocycles. The molecule has 1 saturated carbocycles. The molecule has 1 aliphatic rings. The van der Waals surface area contributed by atoms with Crippen molar-refractivity contribution in [1.29, 1.82) is 0 Å². The monoisotopic (exact) mass is 356 g/mol. The summed E-state index contributed by atoms with van der Waals surface area (Å²) in [6.45, 7) is 3.97. The normalized spacial score (nSPS) is 16.3. The van der Waals surface area contributed by atoms with Crippen molar-refractivity contribution in [2.24, 2.45) is 5.92 Å². The lowest BCUT2D eigenvalue weighted by Gasteiger charge is -2.21. The fourth-order valence-corrected chi connectivity index (χ4v) is 3.65. The first-order valence-corrected chi connectivity index (χ1v) is 9.73. The molecule has 0 bridgehead atoms. The van der Waals surface area contributed by atoms with Crippen molar-refractivity contribution >= 4 is 0 Å². The zero-order valence-corrected chi connectivity index (χ0v) is 15.3. The molecule has 0 aromatic carbocycles. The molecule has 0 saturated heterocycles. The van der Waals surface area contributed by atoms with Crippen molar-refractivity contribution in [3.63, 3.8) is 0 Å². The Morgan fingerprint density at radius 2 is 1.84 bits per heavy atom. The van der Waals surface area contributed by atoms with Crippen LogP contribution in [0.3, 0.4) is 0 Å². The third-order valence-electron chi connectivity index (χ3n) is 5.15. The molecule has 1 heterocycles. The number of halogens is 3. The smallest absolute Gasteiger partial charge is 0.316 e.